The molecule has 9 heteroatoms. The zero-order valence-electron chi connectivity index (χ0n) is 33.8. The lowest BCUT2D eigenvalue weighted by molar-refractivity contribution is 0.670. The minimum atomic E-state index is -0.00728. The van der Waals surface area contributed by atoms with E-state index in [0.29, 0.717) is 39.2 Å². The Bertz CT molecular complexity index is 3270. The van der Waals surface area contributed by atoms with Gasteiger partial charge in [-0.3, -0.25) is 0 Å². The van der Waals surface area contributed by atoms with Crippen molar-refractivity contribution >= 4 is 126 Å². The highest BCUT2D eigenvalue weighted by Gasteiger charge is 2.24. The summed E-state index contributed by atoms with van der Waals surface area (Å²) in [6.07, 6.45) is 5.98. The number of terminal acetylenes is 1. The van der Waals surface area contributed by atoms with Gasteiger partial charge in [-0.05, 0) is 79.5 Å². The summed E-state index contributed by atoms with van der Waals surface area (Å²) in [6.45, 7) is -0.00728. The first kappa shape index (κ1) is 40.5. The summed E-state index contributed by atoms with van der Waals surface area (Å²) in [5.74, 6) is 2.60. The highest BCUT2D eigenvalue weighted by atomic mass is 16.3. The number of para-hydroxylation sites is 2. The Kier molecular flexibility index (Phi) is 11.0. The predicted octanol–water partition coefficient (Wildman–Crippen LogP) is 7.82. The van der Waals surface area contributed by atoms with Crippen LogP contribution in [0.5, 0.6) is 0 Å². The number of fused-ring (bicyclic) bond motifs is 4. The predicted molar refractivity (Wildman–Crippen MR) is 269 cm³/mol. The second-order valence-corrected chi connectivity index (χ2v) is 15.1. The van der Waals surface area contributed by atoms with Crippen molar-refractivity contribution in [2.45, 2.75) is 0 Å². The molecule has 9 rings (SSSR count). The van der Waals surface area contributed by atoms with Gasteiger partial charge >= 0.3 is 0 Å². The molecule has 0 saturated heterocycles. The average molecular weight is 773 g/mol. The zero-order valence-corrected chi connectivity index (χ0v) is 33.8. The van der Waals surface area contributed by atoms with Gasteiger partial charge in [0.15, 0.2) is 0 Å². The third-order valence-electron chi connectivity index (χ3n) is 11.5. The van der Waals surface area contributed by atoms with Gasteiger partial charge in [-0.2, -0.15) is 0 Å². The lowest BCUT2D eigenvalue weighted by Crippen LogP contribution is -2.47. The van der Waals surface area contributed by atoms with Crippen molar-refractivity contribution in [3.63, 3.8) is 0 Å². The topological polar surface area (TPSA) is 16.4 Å². The number of hydrogen-bond donors (Lipinski definition) is 0. The molecule has 1 heterocycles. The van der Waals surface area contributed by atoms with E-state index >= 15 is 0 Å². The maximum absolute atomic E-state index is 7.08. The van der Waals surface area contributed by atoms with E-state index in [-0.39, 0.29) is 44.8 Å². The molecule has 0 bridgehead atoms. The fraction of sp³-hybridized carbons (Fsp3) is 0.0189. The summed E-state index contributed by atoms with van der Waals surface area (Å²) < 4.78 is 6.37. The fourth-order valence-electron chi connectivity index (χ4n) is 8.37. The second-order valence-electron chi connectivity index (χ2n) is 15.1. The number of nitrogens with zero attached hydrogens (tertiary/aromatic N) is 1. The van der Waals surface area contributed by atoms with Crippen molar-refractivity contribution < 1.29 is 4.42 Å². The van der Waals surface area contributed by atoms with Crippen molar-refractivity contribution in [1.82, 2.24) is 0 Å². The van der Waals surface area contributed by atoms with Crippen LogP contribution in [0.25, 0.3) is 71.7 Å². The van der Waals surface area contributed by atoms with E-state index in [2.05, 4.69) is 30.2 Å². The van der Waals surface area contributed by atoms with Crippen molar-refractivity contribution in [2.75, 3.05) is 11.4 Å². The van der Waals surface area contributed by atoms with Gasteiger partial charge in [0.1, 0.15) is 66.1 Å². The minimum Gasteiger partial charge on any atom is -0.455 e. The van der Waals surface area contributed by atoms with E-state index in [9.17, 15) is 0 Å². The van der Waals surface area contributed by atoms with Crippen LogP contribution in [0.4, 0.5) is 11.4 Å². The molecule has 62 heavy (non-hydrogen) atoms. The molecule has 2 nitrogen and oxygen atoms in total. The SMILES string of the molecule is [B]/C(CN(c1ccc(-c2ccccc2)cc1)c1c([B])c([B])c(-c2cccc3c2oc2ccccc23)c([B])c1[B])=C([B])/C(=C(/[B])C#C)c1cccc(-c2cccc3ccccc23)c1. The molecule has 0 aliphatic carbocycles. The Morgan fingerprint density at radius 2 is 1.13 bits per heavy atom. The number of anilines is 2. The Hall–Kier alpha value is -6.89. The van der Waals surface area contributed by atoms with Crippen LogP contribution < -0.4 is 26.8 Å². The molecule has 0 aliphatic heterocycles. The van der Waals surface area contributed by atoms with E-state index in [4.69, 9.17) is 65.8 Å². The number of allylic oxidation sites excluding steroid dienone is 3. The molecule has 0 aliphatic rings. The van der Waals surface area contributed by atoms with Gasteiger partial charge in [-0.1, -0.05) is 173 Å². The molecule has 1 aromatic heterocycles. The van der Waals surface area contributed by atoms with Crippen LogP contribution in [0.1, 0.15) is 5.56 Å². The Labute approximate surface area is 372 Å². The van der Waals surface area contributed by atoms with E-state index in [1.807, 2.05) is 144 Å². The van der Waals surface area contributed by atoms with Crippen molar-refractivity contribution in [2.24, 2.45) is 0 Å². The molecule has 8 aromatic carbocycles. The van der Waals surface area contributed by atoms with Crippen LogP contribution >= 0.6 is 0 Å². The van der Waals surface area contributed by atoms with Crippen LogP contribution in [0.2, 0.25) is 0 Å². The number of furan rings is 1. The van der Waals surface area contributed by atoms with Crippen LogP contribution in [-0.2, 0) is 0 Å². The third-order valence-corrected chi connectivity index (χ3v) is 11.5. The molecular formula is C53H30B7NO. The van der Waals surface area contributed by atoms with Crippen molar-refractivity contribution in [3.8, 4) is 45.7 Å². The van der Waals surface area contributed by atoms with Crippen molar-refractivity contribution in [3.05, 3.63) is 186 Å². The fourth-order valence-corrected chi connectivity index (χ4v) is 8.37. The monoisotopic (exact) mass is 773 g/mol. The van der Waals surface area contributed by atoms with Gasteiger partial charge in [0.25, 0.3) is 0 Å². The standard InChI is InChI=1S/C53H30B7NO/c1-2-42(54)45(35-18-10-17-34(29-35)38-21-11-16-33-15-6-7-19-37(33)38)47(56)43(55)30-61(36-27-25-32(26-28-36)31-13-4-3-5-14-31)52-50(59)48(57)46(49(58)51(52)60)41-23-12-22-40-39-20-8-9-24-44(39)62-53(40)41/h1,3-29H,30H2/b45-42+,47-43-. The molecule has 0 spiro atoms. The first-order valence-corrected chi connectivity index (χ1v) is 20.0. The lowest BCUT2D eigenvalue weighted by Gasteiger charge is -2.34. The highest BCUT2D eigenvalue weighted by molar-refractivity contribution is 6.63. The van der Waals surface area contributed by atoms with E-state index in [1.54, 1.807) is 0 Å². The molecule has 0 N–H and O–H groups in total. The Morgan fingerprint density at radius 1 is 0.548 bits per heavy atom. The van der Waals surface area contributed by atoms with Crippen LogP contribution in [0.3, 0.4) is 0 Å². The zero-order chi connectivity index (χ0) is 43.1. The molecule has 274 valence electrons. The lowest BCUT2D eigenvalue weighted by atomic mass is 9.64. The number of rotatable bonds is 9. The molecule has 0 saturated carbocycles. The first-order valence-electron chi connectivity index (χ1n) is 20.0. The molecular weight excluding hydrogens is 742 g/mol. The van der Waals surface area contributed by atoms with E-state index < -0.39 is 0 Å². The second kappa shape index (κ2) is 16.9. The van der Waals surface area contributed by atoms with Crippen LogP contribution in [0, 0.1) is 12.3 Å². The van der Waals surface area contributed by atoms with Gasteiger partial charge in [-0.15, -0.1) is 11.9 Å². The van der Waals surface area contributed by atoms with Gasteiger partial charge in [-0.25, -0.2) is 0 Å². The largest absolute Gasteiger partial charge is 0.455 e. The molecule has 0 atom stereocenters. The Balaban J connectivity index is 1.18. The van der Waals surface area contributed by atoms with Gasteiger partial charge in [0.2, 0.25) is 0 Å². The molecule has 0 fully saturated rings. The summed E-state index contributed by atoms with van der Waals surface area (Å²) in [5, 5.41) is 4.09. The maximum Gasteiger partial charge on any atom is 0.143 e. The minimum absolute atomic E-state index is 0.00728. The van der Waals surface area contributed by atoms with Gasteiger partial charge in [0.05, 0.1) is 0 Å². The van der Waals surface area contributed by atoms with Gasteiger partial charge < -0.3 is 9.32 Å². The average Bonchev–Trinajstić information content (AvgIpc) is 3.70. The quantitative estimate of drug-likeness (QED) is 0.0847. The van der Waals surface area contributed by atoms with Crippen molar-refractivity contribution in [1.29, 1.82) is 0 Å². The van der Waals surface area contributed by atoms with Crippen LogP contribution in [0.15, 0.2) is 185 Å². The molecule has 9 aromatic rings. The van der Waals surface area contributed by atoms with E-state index in [0.717, 1.165) is 49.4 Å². The summed E-state index contributed by atoms with van der Waals surface area (Å²) in [4.78, 5) is 1.86. The number of benzene rings is 8. The van der Waals surface area contributed by atoms with Crippen LogP contribution in [-0.4, -0.2) is 61.5 Å². The Morgan fingerprint density at radius 3 is 1.87 bits per heavy atom. The molecule has 0 amide bonds. The van der Waals surface area contributed by atoms with E-state index in [1.165, 1.54) is 0 Å². The third kappa shape index (κ3) is 7.24. The highest BCUT2D eigenvalue weighted by Crippen LogP contribution is 2.37. The summed E-state index contributed by atoms with van der Waals surface area (Å²) in [5.41, 5.74) is 10.1. The first-order chi connectivity index (χ1) is 30.1. The van der Waals surface area contributed by atoms with Gasteiger partial charge in [0, 0.05) is 34.3 Å². The summed E-state index contributed by atoms with van der Waals surface area (Å²) >= 11 is 0. The number of hydrogen-bond acceptors (Lipinski definition) is 2. The molecule has 14 radical (unpaired) electrons. The smallest absolute Gasteiger partial charge is 0.143 e. The maximum atomic E-state index is 7.08. The normalized spacial score (nSPS) is 12.2. The summed E-state index contributed by atoms with van der Waals surface area (Å²) in [7, 11) is 48.9. The summed E-state index contributed by atoms with van der Waals surface area (Å²) in [6, 6.07) is 54.0. The molecule has 0 unspecified atom stereocenters.